The number of ether oxygens (including phenoxy) is 1. The van der Waals surface area contributed by atoms with Crippen molar-refractivity contribution in [2.75, 3.05) is 13.7 Å². The van der Waals surface area contributed by atoms with Crippen LogP contribution in [0.15, 0.2) is 65.1 Å². The number of rotatable bonds is 8. The number of carbonyl (C=O) groups excluding carboxylic acids is 1. The molecule has 130 valence electrons. The number of fused-ring (bicyclic) bond motifs is 1. The Labute approximate surface area is 146 Å². The summed E-state index contributed by atoms with van der Waals surface area (Å²) in [6, 6.07) is 19.6. The highest BCUT2D eigenvalue weighted by Crippen LogP contribution is 2.21. The highest BCUT2D eigenvalue weighted by Gasteiger charge is 2.21. The number of hydrogen-bond acceptors (Lipinski definition) is 5. The van der Waals surface area contributed by atoms with E-state index in [4.69, 9.17) is 14.0 Å². The van der Waals surface area contributed by atoms with Crippen molar-refractivity contribution in [3.63, 3.8) is 0 Å². The van der Waals surface area contributed by atoms with Crippen LogP contribution in [0.25, 0.3) is 11.0 Å². The van der Waals surface area contributed by atoms with E-state index in [0.29, 0.717) is 19.6 Å². The Hall–Kier alpha value is -2.63. The van der Waals surface area contributed by atoms with E-state index >= 15 is 0 Å². The molecule has 3 rings (SSSR count). The van der Waals surface area contributed by atoms with E-state index in [-0.39, 0.29) is 11.9 Å². The highest BCUT2D eigenvalue weighted by molar-refractivity contribution is 5.78. The minimum absolute atomic E-state index is 0.295. The van der Waals surface area contributed by atoms with Crippen molar-refractivity contribution >= 4 is 16.9 Å². The van der Waals surface area contributed by atoms with Crippen molar-refractivity contribution in [1.82, 2.24) is 5.48 Å². The molecule has 25 heavy (non-hydrogen) atoms. The third kappa shape index (κ3) is 4.68. The number of nitrogens with one attached hydrogen (secondary N) is 1. The minimum atomic E-state index is -0.388. The summed E-state index contributed by atoms with van der Waals surface area (Å²) in [6.45, 7) is 0.774. The molecule has 0 saturated heterocycles. The van der Waals surface area contributed by atoms with Crippen molar-refractivity contribution in [2.24, 2.45) is 5.92 Å². The average molecular weight is 339 g/mol. The van der Waals surface area contributed by atoms with Crippen LogP contribution in [0, 0.1) is 5.92 Å². The molecule has 0 aliphatic heterocycles. The first-order chi connectivity index (χ1) is 12.3. The van der Waals surface area contributed by atoms with E-state index in [1.54, 1.807) is 0 Å². The van der Waals surface area contributed by atoms with E-state index in [9.17, 15) is 4.79 Å². The second-order valence-corrected chi connectivity index (χ2v) is 5.80. The quantitative estimate of drug-likeness (QED) is 0.387. The number of carbonyl (C=O) groups is 1. The Balaban J connectivity index is 1.56. The fourth-order valence-electron chi connectivity index (χ4n) is 2.65. The SMILES string of the molecule is COC(=O)[C@H](CNOCc1ccccc1)Cc1cc2ccccc2o1. The lowest BCUT2D eigenvalue weighted by molar-refractivity contribution is -0.146. The molecule has 1 atom stereocenters. The van der Waals surface area contributed by atoms with Gasteiger partial charge in [0.15, 0.2) is 0 Å². The van der Waals surface area contributed by atoms with Gasteiger partial charge in [0, 0.05) is 18.4 Å². The zero-order chi connectivity index (χ0) is 17.5. The summed E-state index contributed by atoms with van der Waals surface area (Å²) in [4.78, 5) is 17.5. The van der Waals surface area contributed by atoms with Gasteiger partial charge >= 0.3 is 5.97 Å². The van der Waals surface area contributed by atoms with Gasteiger partial charge in [0.05, 0.1) is 19.6 Å². The fourth-order valence-corrected chi connectivity index (χ4v) is 2.65. The number of esters is 1. The van der Waals surface area contributed by atoms with Gasteiger partial charge in [-0.2, -0.15) is 0 Å². The molecule has 0 aliphatic carbocycles. The molecule has 0 amide bonds. The number of benzene rings is 2. The average Bonchev–Trinajstić information content (AvgIpc) is 3.07. The molecular formula is C20H21NO4. The number of furan rings is 1. The topological polar surface area (TPSA) is 60.7 Å². The summed E-state index contributed by atoms with van der Waals surface area (Å²) in [5, 5.41) is 1.02. The smallest absolute Gasteiger partial charge is 0.310 e. The number of hydrogen-bond donors (Lipinski definition) is 1. The largest absolute Gasteiger partial charge is 0.469 e. The Kier molecular flexibility index (Phi) is 5.82. The van der Waals surface area contributed by atoms with E-state index in [1.807, 2.05) is 60.7 Å². The molecule has 0 saturated carbocycles. The Morgan fingerprint density at radius 1 is 1.12 bits per heavy atom. The van der Waals surface area contributed by atoms with Crippen LogP contribution in [0.4, 0.5) is 0 Å². The summed E-state index contributed by atoms with van der Waals surface area (Å²) >= 11 is 0. The van der Waals surface area contributed by atoms with Crippen molar-refractivity contribution < 1.29 is 18.8 Å². The predicted octanol–water partition coefficient (Wildman–Crippen LogP) is 3.49. The lowest BCUT2D eigenvalue weighted by Gasteiger charge is -2.14. The van der Waals surface area contributed by atoms with Crippen molar-refractivity contribution in [3.05, 3.63) is 72.0 Å². The van der Waals surface area contributed by atoms with E-state index in [0.717, 1.165) is 22.3 Å². The van der Waals surface area contributed by atoms with Crippen LogP contribution in [0.5, 0.6) is 0 Å². The Morgan fingerprint density at radius 2 is 1.88 bits per heavy atom. The summed E-state index contributed by atoms with van der Waals surface area (Å²) in [7, 11) is 1.39. The van der Waals surface area contributed by atoms with Crippen LogP contribution in [-0.2, 0) is 27.4 Å². The van der Waals surface area contributed by atoms with Gasteiger partial charge in [-0.25, -0.2) is 5.48 Å². The van der Waals surface area contributed by atoms with Gasteiger partial charge in [0.25, 0.3) is 0 Å². The van der Waals surface area contributed by atoms with Crippen LogP contribution < -0.4 is 5.48 Å². The van der Waals surface area contributed by atoms with Crippen molar-refractivity contribution in [1.29, 1.82) is 0 Å². The maximum atomic E-state index is 12.0. The maximum Gasteiger partial charge on any atom is 0.310 e. The van der Waals surface area contributed by atoms with Gasteiger partial charge < -0.3 is 9.15 Å². The minimum Gasteiger partial charge on any atom is -0.469 e. The first-order valence-corrected chi connectivity index (χ1v) is 8.20. The predicted molar refractivity (Wildman–Crippen MR) is 94.7 cm³/mol. The maximum absolute atomic E-state index is 12.0. The lowest BCUT2D eigenvalue weighted by atomic mass is 10.0. The fraction of sp³-hybridized carbons (Fsp3) is 0.250. The van der Waals surface area contributed by atoms with Gasteiger partial charge in [-0.05, 0) is 17.7 Å². The third-order valence-electron chi connectivity index (χ3n) is 3.97. The van der Waals surface area contributed by atoms with Gasteiger partial charge in [-0.1, -0.05) is 48.5 Å². The Bertz CT molecular complexity index is 780. The van der Waals surface area contributed by atoms with Crippen LogP contribution >= 0.6 is 0 Å². The summed E-state index contributed by atoms with van der Waals surface area (Å²) in [5.41, 5.74) is 4.73. The molecule has 3 aromatic rings. The molecule has 0 aliphatic rings. The molecular weight excluding hydrogens is 318 g/mol. The number of hydroxylamine groups is 1. The van der Waals surface area contributed by atoms with Crippen LogP contribution in [-0.4, -0.2) is 19.6 Å². The second kappa shape index (κ2) is 8.46. The molecule has 1 heterocycles. The third-order valence-corrected chi connectivity index (χ3v) is 3.97. The molecule has 0 bridgehead atoms. The van der Waals surface area contributed by atoms with E-state index in [2.05, 4.69) is 5.48 Å². The molecule has 0 spiro atoms. The number of methoxy groups -OCH3 is 1. The monoisotopic (exact) mass is 339 g/mol. The summed E-state index contributed by atoms with van der Waals surface area (Å²) in [6.07, 6.45) is 0.447. The van der Waals surface area contributed by atoms with Crippen molar-refractivity contribution in [2.45, 2.75) is 13.0 Å². The first-order valence-electron chi connectivity index (χ1n) is 8.20. The van der Waals surface area contributed by atoms with Gasteiger partial charge in [0.2, 0.25) is 0 Å². The highest BCUT2D eigenvalue weighted by atomic mass is 16.6. The zero-order valence-electron chi connectivity index (χ0n) is 14.1. The van der Waals surface area contributed by atoms with E-state index < -0.39 is 0 Å². The van der Waals surface area contributed by atoms with E-state index in [1.165, 1.54) is 7.11 Å². The number of para-hydroxylation sites is 1. The van der Waals surface area contributed by atoms with Gasteiger partial charge in [-0.15, -0.1) is 0 Å². The van der Waals surface area contributed by atoms with Gasteiger partial charge in [-0.3, -0.25) is 9.63 Å². The zero-order valence-corrected chi connectivity index (χ0v) is 14.1. The van der Waals surface area contributed by atoms with Crippen LogP contribution in [0.1, 0.15) is 11.3 Å². The molecule has 2 aromatic carbocycles. The summed E-state index contributed by atoms with van der Waals surface area (Å²) in [5.74, 6) is 0.0686. The second-order valence-electron chi connectivity index (χ2n) is 5.80. The molecule has 0 unspecified atom stereocenters. The molecule has 1 N–H and O–H groups in total. The molecule has 5 nitrogen and oxygen atoms in total. The first kappa shape index (κ1) is 17.2. The normalized spacial score (nSPS) is 12.2. The van der Waals surface area contributed by atoms with Crippen molar-refractivity contribution in [3.8, 4) is 0 Å². The van der Waals surface area contributed by atoms with Crippen LogP contribution in [0.2, 0.25) is 0 Å². The Morgan fingerprint density at radius 3 is 2.64 bits per heavy atom. The molecule has 5 heteroatoms. The van der Waals surface area contributed by atoms with Gasteiger partial charge in [0.1, 0.15) is 11.3 Å². The van der Waals surface area contributed by atoms with Crippen LogP contribution in [0.3, 0.4) is 0 Å². The molecule has 0 fully saturated rings. The summed E-state index contributed by atoms with van der Waals surface area (Å²) < 4.78 is 10.7. The molecule has 1 aromatic heterocycles. The standard InChI is InChI=1S/C20H21NO4/c1-23-20(22)17(13-21-24-14-15-7-3-2-4-8-15)12-18-11-16-9-5-6-10-19(16)25-18/h2-11,17,21H,12-14H2,1H3/t17-/m0/s1. The lowest BCUT2D eigenvalue weighted by Crippen LogP contribution is -2.31. The molecule has 0 radical (unpaired) electrons.